The molecule has 7 heteroatoms. The number of amides is 2. The van der Waals surface area contributed by atoms with Gasteiger partial charge >= 0.3 is 0 Å². The Morgan fingerprint density at radius 3 is 2.64 bits per heavy atom. The Kier molecular flexibility index (Phi) is 7.85. The zero-order chi connectivity index (χ0) is 18.2. The van der Waals surface area contributed by atoms with Crippen LogP contribution < -0.4 is 15.4 Å². The molecule has 0 saturated heterocycles. The van der Waals surface area contributed by atoms with Crippen LogP contribution in [0, 0.1) is 0 Å². The minimum Gasteiger partial charge on any atom is -0.479 e. The molecule has 0 spiro atoms. The minimum absolute atomic E-state index is 0.0264. The normalized spacial score (nSPS) is 16.1. The smallest absolute Gasteiger partial charge is 0.260 e. The fourth-order valence-corrected chi connectivity index (χ4v) is 3.26. The molecule has 0 radical (unpaired) electrons. The first-order valence-electron chi connectivity index (χ1n) is 8.64. The Balaban J connectivity index is 1.69. The maximum atomic E-state index is 12.1. The van der Waals surface area contributed by atoms with Gasteiger partial charge < -0.3 is 15.4 Å². The molecular formula is C18H24Cl2N2O3. The van der Waals surface area contributed by atoms with Gasteiger partial charge in [0.15, 0.2) is 6.10 Å². The van der Waals surface area contributed by atoms with Gasteiger partial charge in [-0.1, -0.05) is 42.5 Å². The lowest BCUT2D eigenvalue weighted by Crippen LogP contribution is -2.40. The Bertz CT molecular complexity index is 604. The SMILES string of the molecule is CC(Oc1ccc(Cl)cc1Cl)C(=O)NCCC(=O)NC1CCCCC1. The Morgan fingerprint density at radius 1 is 1.24 bits per heavy atom. The van der Waals surface area contributed by atoms with Crippen LogP contribution in [0.3, 0.4) is 0 Å². The van der Waals surface area contributed by atoms with E-state index in [1.807, 2.05) is 0 Å². The standard InChI is InChI=1S/C18H24Cl2N2O3/c1-12(25-16-8-7-13(19)11-15(16)20)18(24)21-10-9-17(23)22-14-5-3-2-4-6-14/h7-8,11-12,14H,2-6,9-10H2,1H3,(H,21,24)(H,22,23). The highest BCUT2D eigenvalue weighted by atomic mass is 35.5. The van der Waals surface area contributed by atoms with Crippen molar-refractivity contribution in [2.75, 3.05) is 6.54 Å². The summed E-state index contributed by atoms with van der Waals surface area (Å²) in [7, 11) is 0. The molecule has 2 rings (SSSR count). The van der Waals surface area contributed by atoms with Crippen molar-refractivity contribution in [3.05, 3.63) is 28.2 Å². The molecular weight excluding hydrogens is 363 g/mol. The fraction of sp³-hybridized carbons (Fsp3) is 0.556. The average molecular weight is 387 g/mol. The molecule has 0 aromatic heterocycles. The van der Waals surface area contributed by atoms with Crippen molar-refractivity contribution in [2.24, 2.45) is 0 Å². The van der Waals surface area contributed by atoms with Gasteiger partial charge in [-0.05, 0) is 38.0 Å². The van der Waals surface area contributed by atoms with Crippen molar-refractivity contribution in [3.63, 3.8) is 0 Å². The minimum atomic E-state index is -0.722. The molecule has 2 N–H and O–H groups in total. The van der Waals surface area contributed by atoms with Crippen LogP contribution >= 0.6 is 23.2 Å². The highest BCUT2D eigenvalue weighted by molar-refractivity contribution is 6.35. The van der Waals surface area contributed by atoms with Gasteiger partial charge in [0.1, 0.15) is 5.75 Å². The molecule has 2 amide bonds. The topological polar surface area (TPSA) is 67.4 Å². The summed E-state index contributed by atoms with van der Waals surface area (Å²) in [6.07, 6.45) is 5.22. The van der Waals surface area contributed by atoms with Gasteiger partial charge in [-0.3, -0.25) is 9.59 Å². The molecule has 0 aliphatic heterocycles. The maximum absolute atomic E-state index is 12.1. The molecule has 1 aromatic carbocycles. The van der Waals surface area contributed by atoms with E-state index in [1.165, 1.54) is 19.3 Å². The van der Waals surface area contributed by atoms with E-state index in [0.717, 1.165) is 12.8 Å². The van der Waals surface area contributed by atoms with E-state index < -0.39 is 6.10 Å². The van der Waals surface area contributed by atoms with E-state index in [-0.39, 0.29) is 30.8 Å². The average Bonchev–Trinajstić information content (AvgIpc) is 2.58. The van der Waals surface area contributed by atoms with Crippen LogP contribution in [0.15, 0.2) is 18.2 Å². The number of ether oxygens (including phenoxy) is 1. The number of carbonyl (C=O) groups is 2. The monoisotopic (exact) mass is 386 g/mol. The van der Waals surface area contributed by atoms with E-state index in [1.54, 1.807) is 25.1 Å². The lowest BCUT2D eigenvalue weighted by atomic mass is 9.95. The number of hydrogen-bond acceptors (Lipinski definition) is 3. The second-order valence-electron chi connectivity index (χ2n) is 6.28. The lowest BCUT2D eigenvalue weighted by molar-refractivity contribution is -0.127. The van der Waals surface area contributed by atoms with Gasteiger partial charge in [0.05, 0.1) is 5.02 Å². The molecule has 1 atom stereocenters. The van der Waals surface area contributed by atoms with Gasteiger partial charge in [0, 0.05) is 24.0 Å². The first-order valence-corrected chi connectivity index (χ1v) is 9.40. The van der Waals surface area contributed by atoms with E-state index in [0.29, 0.717) is 15.8 Å². The van der Waals surface area contributed by atoms with Crippen LogP contribution in [-0.4, -0.2) is 30.5 Å². The molecule has 0 bridgehead atoms. The number of carbonyl (C=O) groups excluding carboxylic acids is 2. The largest absolute Gasteiger partial charge is 0.479 e. The maximum Gasteiger partial charge on any atom is 0.260 e. The van der Waals surface area contributed by atoms with Gasteiger partial charge in [-0.2, -0.15) is 0 Å². The quantitative estimate of drug-likeness (QED) is 0.750. The molecule has 5 nitrogen and oxygen atoms in total. The summed E-state index contributed by atoms with van der Waals surface area (Å²) in [6.45, 7) is 1.90. The van der Waals surface area contributed by atoms with Gasteiger partial charge in [0.2, 0.25) is 5.91 Å². The molecule has 1 aliphatic carbocycles. The van der Waals surface area contributed by atoms with Crippen LogP contribution in [0.2, 0.25) is 10.0 Å². The molecule has 138 valence electrons. The van der Waals surface area contributed by atoms with Crippen LogP contribution in [-0.2, 0) is 9.59 Å². The number of rotatable bonds is 7. The van der Waals surface area contributed by atoms with E-state index in [2.05, 4.69) is 10.6 Å². The number of halogens is 2. The number of benzene rings is 1. The van der Waals surface area contributed by atoms with Crippen LogP contribution in [0.1, 0.15) is 45.4 Å². The third kappa shape index (κ3) is 6.75. The van der Waals surface area contributed by atoms with Crippen molar-refractivity contribution < 1.29 is 14.3 Å². The zero-order valence-electron chi connectivity index (χ0n) is 14.3. The molecule has 1 aromatic rings. The fourth-order valence-electron chi connectivity index (χ4n) is 2.80. The van der Waals surface area contributed by atoms with Gasteiger partial charge in [-0.15, -0.1) is 0 Å². The van der Waals surface area contributed by atoms with Crippen molar-refractivity contribution in [1.29, 1.82) is 0 Å². The predicted molar refractivity (Wildman–Crippen MR) is 99.2 cm³/mol. The molecule has 1 saturated carbocycles. The molecule has 25 heavy (non-hydrogen) atoms. The van der Waals surface area contributed by atoms with Crippen LogP contribution in [0.4, 0.5) is 0 Å². The predicted octanol–water partition coefficient (Wildman–Crippen LogP) is 3.72. The van der Waals surface area contributed by atoms with Gasteiger partial charge in [-0.25, -0.2) is 0 Å². The van der Waals surface area contributed by atoms with Crippen molar-refractivity contribution >= 4 is 35.0 Å². The Morgan fingerprint density at radius 2 is 1.96 bits per heavy atom. The van der Waals surface area contributed by atoms with Gasteiger partial charge in [0.25, 0.3) is 5.91 Å². The molecule has 1 unspecified atom stereocenters. The highest BCUT2D eigenvalue weighted by Gasteiger charge is 2.18. The lowest BCUT2D eigenvalue weighted by Gasteiger charge is -2.22. The van der Waals surface area contributed by atoms with E-state index in [4.69, 9.17) is 27.9 Å². The summed E-state index contributed by atoms with van der Waals surface area (Å²) in [5.41, 5.74) is 0. The van der Waals surface area contributed by atoms with Crippen molar-refractivity contribution in [3.8, 4) is 5.75 Å². The third-order valence-corrected chi connectivity index (χ3v) is 4.72. The first kappa shape index (κ1) is 19.9. The zero-order valence-corrected chi connectivity index (χ0v) is 15.8. The summed E-state index contributed by atoms with van der Waals surface area (Å²) < 4.78 is 5.54. The summed E-state index contributed by atoms with van der Waals surface area (Å²) in [5.74, 6) is 0.0711. The first-order chi connectivity index (χ1) is 12.0. The number of nitrogens with one attached hydrogen (secondary N) is 2. The third-order valence-electron chi connectivity index (χ3n) is 4.19. The Hall–Kier alpha value is -1.46. The summed E-state index contributed by atoms with van der Waals surface area (Å²) >= 11 is 11.8. The van der Waals surface area contributed by atoms with Crippen molar-refractivity contribution in [2.45, 2.75) is 57.6 Å². The number of hydrogen-bond donors (Lipinski definition) is 2. The van der Waals surface area contributed by atoms with E-state index in [9.17, 15) is 9.59 Å². The summed E-state index contributed by atoms with van der Waals surface area (Å²) in [5, 5.41) is 6.58. The molecule has 1 fully saturated rings. The Labute approximate surface area is 158 Å². The summed E-state index contributed by atoms with van der Waals surface area (Å²) in [6, 6.07) is 5.10. The van der Waals surface area contributed by atoms with Crippen LogP contribution in [0.5, 0.6) is 5.75 Å². The van der Waals surface area contributed by atoms with E-state index >= 15 is 0 Å². The van der Waals surface area contributed by atoms with Crippen LogP contribution in [0.25, 0.3) is 0 Å². The second-order valence-corrected chi connectivity index (χ2v) is 7.12. The molecule has 0 heterocycles. The highest BCUT2D eigenvalue weighted by Crippen LogP contribution is 2.28. The second kappa shape index (κ2) is 9.88. The van der Waals surface area contributed by atoms with Crippen molar-refractivity contribution in [1.82, 2.24) is 10.6 Å². The summed E-state index contributed by atoms with van der Waals surface area (Å²) in [4.78, 5) is 24.0. The molecule has 1 aliphatic rings.